The van der Waals surface area contributed by atoms with E-state index in [1.165, 1.54) is 0 Å². The first-order valence-electron chi connectivity index (χ1n) is 7.09. The molecule has 0 saturated carbocycles. The van der Waals surface area contributed by atoms with E-state index >= 15 is 0 Å². The summed E-state index contributed by atoms with van der Waals surface area (Å²) in [4.78, 5) is 0. The van der Waals surface area contributed by atoms with E-state index in [9.17, 15) is 10.2 Å². The summed E-state index contributed by atoms with van der Waals surface area (Å²) in [7, 11) is 0. The second-order valence-corrected chi connectivity index (χ2v) is 6.08. The molecule has 0 amide bonds. The molecule has 1 aromatic rings. The standard InChI is InChI=1S/C16H25ClO3/c1-13(2)7-9-20-10-8-16(11-18,12-19)14-3-5-15(17)6-4-14/h3-6,13,18-19H,7-12H2,1-2H3. The highest BCUT2D eigenvalue weighted by Gasteiger charge is 2.30. The second kappa shape index (κ2) is 8.63. The minimum Gasteiger partial charge on any atom is -0.395 e. The van der Waals surface area contributed by atoms with E-state index in [4.69, 9.17) is 16.3 Å². The second-order valence-electron chi connectivity index (χ2n) is 5.65. The van der Waals surface area contributed by atoms with E-state index in [0.29, 0.717) is 30.6 Å². The Morgan fingerprint density at radius 2 is 1.70 bits per heavy atom. The molecule has 0 spiro atoms. The van der Waals surface area contributed by atoms with Gasteiger partial charge in [-0.05, 0) is 36.5 Å². The van der Waals surface area contributed by atoms with E-state index in [1.54, 1.807) is 12.1 Å². The van der Waals surface area contributed by atoms with Gasteiger partial charge in [-0.25, -0.2) is 0 Å². The highest BCUT2D eigenvalue weighted by atomic mass is 35.5. The molecule has 0 atom stereocenters. The molecule has 0 radical (unpaired) electrons. The number of rotatable bonds is 9. The number of halogens is 1. The molecule has 1 rings (SSSR count). The maximum Gasteiger partial charge on any atom is 0.0550 e. The molecular formula is C16H25ClO3. The van der Waals surface area contributed by atoms with Crippen molar-refractivity contribution in [2.75, 3.05) is 26.4 Å². The van der Waals surface area contributed by atoms with E-state index < -0.39 is 5.41 Å². The molecule has 0 aromatic heterocycles. The van der Waals surface area contributed by atoms with E-state index in [2.05, 4.69) is 13.8 Å². The summed E-state index contributed by atoms with van der Waals surface area (Å²) in [6.45, 7) is 5.32. The lowest BCUT2D eigenvalue weighted by Gasteiger charge is -2.30. The van der Waals surface area contributed by atoms with Crippen LogP contribution in [0.25, 0.3) is 0 Å². The van der Waals surface area contributed by atoms with Crippen LogP contribution in [0, 0.1) is 5.92 Å². The Balaban J connectivity index is 2.60. The fourth-order valence-electron chi connectivity index (χ4n) is 2.03. The average molecular weight is 301 g/mol. The van der Waals surface area contributed by atoms with Crippen molar-refractivity contribution < 1.29 is 14.9 Å². The van der Waals surface area contributed by atoms with Gasteiger partial charge >= 0.3 is 0 Å². The van der Waals surface area contributed by atoms with Crippen molar-refractivity contribution in [3.63, 3.8) is 0 Å². The van der Waals surface area contributed by atoms with Crippen molar-refractivity contribution in [1.82, 2.24) is 0 Å². The molecule has 4 heteroatoms. The van der Waals surface area contributed by atoms with Crippen molar-refractivity contribution >= 4 is 11.6 Å². The lowest BCUT2D eigenvalue weighted by Crippen LogP contribution is -2.36. The molecule has 0 fully saturated rings. The van der Waals surface area contributed by atoms with Gasteiger partial charge in [0, 0.05) is 23.7 Å². The number of ether oxygens (including phenoxy) is 1. The Hall–Kier alpha value is -0.610. The topological polar surface area (TPSA) is 49.7 Å². The van der Waals surface area contributed by atoms with Gasteiger partial charge in [0.15, 0.2) is 0 Å². The van der Waals surface area contributed by atoms with Gasteiger partial charge in [0.05, 0.1) is 13.2 Å². The van der Waals surface area contributed by atoms with Gasteiger partial charge in [-0.2, -0.15) is 0 Å². The Kier molecular flexibility index (Phi) is 7.52. The van der Waals surface area contributed by atoms with Gasteiger partial charge < -0.3 is 14.9 Å². The molecule has 20 heavy (non-hydrogen) atoms. The normalized spacial score (nSPS) is 12.1. The molecule has 0 aliphatic heterocycles. The first-order valence-corrected chi connectivity index (χ1v) is 7.47. The smallest absolute Gasteiger partial charge is 0.0550 e. The monoisotopic (exact) mass is 300 g/mol. The first kappa shape index (κ1) is 17.4. The van der Waals surface area contributed by atoms with Gasteiger partial charge in [0.2, 0.25) is 0 Å². The third kappa shape index (κ3) is 5.06. The van der Waals surface area contributed by atoms with Crippen molar-refractivity contribution in [2.45, 2.75) is 32.1 Å². The minimum atomic E-state index is -0.664. The van der Waals surface area contributed by atoms with E-state index in [0.717, 1.165) is 12.0 Å². The fourth-order valence-corrected chi connectivity index (χ4v) is 2.15. The van der Waals surface area contributed by atoms with Crippen LogP contribution < -0.4 is 0 Å². The summed E-state index contributed by atoms with van der Waals surface area (Å²) in [5.41, 5.74) is 0.224. The van der Waals surface area contributed by atoms with Crippen LogP contribution in [0.2, 0.25) is 5.02 Å². The third-order valence-electron chi connectivity index (χ3n) is 3.63. The van der Waals surface area contributed by atoms with E-state index in [1.807, 2.05) is 12.1 Å². The number of hydrogen-bond acceptors (Lipinski definition) is 3. The van der Waals surface area contributed by atoms with Gasteiger partial charge in [-0.15, -0.1) is 0 Å². The summed E-state index contributed by atoms with van der Waals surface area (Å²) >= 11 is 5.87. The average Bonchev–Trinajstić information content (AvgIpc) is 2.44. The molecule has 0 unspecified atom stereocenters. The maximum absolute atomic E-state index is 9.70. The number of hydrogen-bond donors (Lipinski definition) is 2. The molecule has 0 aliphatic rings. The minimum absolute atomic E-state index is 0.112. The largest absolute Gasteiger partial charge is 0.395 e. The SMILES string of the molecule is CC(C)CCOCCC(CO)(CO)c1ccc(Cl)cc1. The van der Waals surface area contributed by atoms with E-state index in [-0.39, 0.29) is 13.2 Å². The van der Waals surface area contributed by atoms with Gasteiger partial charge in [-0.3, -0.25) is 0 Å². The van der Waals surface area contributed by atoms with Crippen molar-refractivity contribution in [3.05, 3.63) is 34.9 Å². The van der Waals surface area contributed by atoms with Crippen LogP contribution >= 0.6 is 11.6 Å². The van der Waals surface area contributed by atoms with Crippen LogP contribution in [-0.4, -0.2) is 36.6 Å². The maximum atomic E-state index is 9.70. The zero-order valence-electron chi connectivity index (χ0n) is 12.3. The lowest BCUT2D eigenvalue weighted by atomic mass is 9.79. The van der Waals surface area contributed by atoms with Crippen LogP contribution in [-0.2, 0) is 10.2 Å². The lowest BCUT2D eigenvalue weighted by molar-refractivity contribution is 0.0591. The summed E-state index contributed by atoms with van der Waals surface area (Å²) in [5, 5.41) is 20.0. The molecular weight excluding hydrogens is 276 g/mol. The molecule has 2 N–H and O–H groups in total. The highest BCUT2D eigenvalue weighted by Crippen LogP contribution is 2.28. The molecule has 0 aliphatic carbocycles. The van der Waals surface area contributed by atoms with Gasteiger partial charge in [-0.1, -0.05) is 37.6 Å². The summed E-state index contributed by atoms with van der Waals surface area (Å²) in [5.74, 6) is 0.617. The Morgan fingerprint density at radius 3 is 2.20 bits per heavy atom. The molecule has 1 aromatic carbocycles. The third-order valence-corrected chi connectivity index (χ3v) is 3.88. The Labute approximate surface area is 126 Å². The quantitative estimate of drug-likeness (QED) is 0.689. The molecule has 0 bridgehead atoms. The van der Waals surface area contributed by atoms with Crippen molar-refractivity contribution in [2.24, 2.45) is 5.92 Å². The molecule has 0 saturated heterocycles. The Morgan fingerprint density at radius 1 is 1.10 bits per heavy atom. The number of benzene rings is 1. The summed E-state index contributed by atoms with van der Waals surface area (Å²) in [6.07, 6.45) is 1.60. The van der Waals surface area contributed by atoms with Crippen LogP contribution in [0.1, 0.15) is 32.3 Å². The predicted molar refractivity (Wildman–Crippen MR) is 82.2 cm³/mol. The first-order chi connectivity index (χ1) is 9.54. The van der Waals surface area contributed by atoms with Crippen LogP contribution in [0.3, 0.4) is 0 Å². The summed E-state index contributed by atoms with van der Waals surface area (Å²) in [6, 6.07) is 7.25. The van der Waals surface area contributed by atoms with Crippen molar-refractivity contribution in [3.8, 4) is 0 Å². The van der Waals surface area contributed by atoms with Crippen LogP contribution in [0.15, 0.2) is 24.3 Å². The zero-order valence-corrected chi connectivity index (χ0v) is 13.1. The highest BCUT2D eigenvalue weighted by molar-refractivity contribution is 6.30. The number of aliphatic hydroxyl groups is 2. The van der Waals surface area contributed by atoms with Crippen LogP contribution in [0.4, 0.5) is 0 Å². The molecule has 114 valence electrons. The van der Waals surface area contributed by atoms with Gasteiger partial charge in [0.1, 0.15) is 0 Å². The number of aliphatic hydroxyl groups excluding tert-OH is 2. The van der Waals surface area contributed by atoms with Crippen molar-refractivity contribution in [1.29, 1.82) is 0 Å². The fraction of sp³-hybridized carbons (Fsp3) is 0.625. The van der Waals surface area contributed by atoms with Crippen LogP contribution in [0.5, 0.6) is 0 Å². The van der Waals surface area contributed by atoms with Gasteiger partial charge in [0.25, 0.3) is 0 Å². The molecule has 0 heterocycles. The Bertz CT molecular complexity index is 372. The summed E-state index contributed by atoms with van der Waals surface area (Å²) < 4.78 is 5.60. The predicted octanol–water partition coefficient (Wildman–Crippen LogP) is 3.02. The zero-order chi connectivity index (χ0) is 15.0. The molecule has 3 nitrogen and oxygen atoms in total.